The van der Waals surface area contributed by atoms with Crippen molar-refractivity contribution in [2.45, 2.75) is 38.6 Å². The van der Waals surface area contributed by atoms with Crippen LogP contribution in [0, 0.1) is 0 Å². The number of benzene rings is 1. The maximum atomic E-state index is 5.90. The Morgan fingerprint density at radius 3 is 2.47 bits per heavy atom. The molecule has 1 aromatic carbocycles. The quantitative estimate of drug-likeness (QED) is 0.864. The van der Waals surface area contributed by atoms with Gasteiger partial charge in [-0.1, -0.05) is 30.3 Å². The van der Waals surface area contributed by atoms with Crippen molar-refractivity contribution < 1.29 is 0 Å². The lowest BCUT2D eigenvalue weighted by atomic mass is 9.94. The molecule has 1 atom stereocenters. The van der Waals surface area contributed by atoms with Crippen molar-refractivity contribution in [3.63, 3.8) is 0 Å². The fraction of sp³-hybridized carbons (Fsp3) is 0.438. The van der Waals surface area contributed by atoms with Crippen molar-refractivity contribution in [2.75, 3.05) is 6.54 Å². The first kappa shape index (κ1) is 13.8. The molecule has 0 aliphatic carbocycles. The molecule has 1 aromatic heterocycles. The fourth-order valence-electron chi connectivity index (χ4n) is 2.27. The molecule has 19 heavy (non-hydrogen) atoms. The molecule has 0 bridgehead atoms. The molecule has 0 amide bonds. The second-order valence-electron chi connectivity index (χ2n) is 5.26. The van der Waals surface area contributed by atoms with Gasteiger partial charge in [-0.25, -0.2) is 0 Å². The summed E-state index contributed by atoms with van der Waals surface area (Å²) in [5.41, 5.74) is 8.38. The SMILES string of the molecule is CC(C)n1ccc(CCC(CN)c2ccccc2)n1. The summed E-state index contributed by atoms with van der Waals surface area (Å²) in [4.78, 5) is 0. The third-order valence-electron chi connectivity index (χ3n) is 3.50. The Balaban J connectivity index is 1.96. The van der Waals surface area contributed by atoms with E-state index in [0.717, 1.165) is 18.5 Å². The molecule has 0 aliphatic heterocycles. The van der Waals surface area contributed by atoms with Gasteiger partial charge in [0.25, 0.3) is 0 Å². The molecule has 2 N–H and O–H groups in total. The lowest BCUT2D eigenvalue weighted by molar-refractivity contribution is 0.522. The molecule has 0 radical (unpaired) electrons. The summed E-state index contributed by atoms with van der Waals surface area (Å²) in [6.45, 7) is 4.97. The van der Waals surface area contributed by atoms with Crippen LogP contribution in [0.5, 0.6) is 0 Å². The van der Waals surface area contributed by atoms with Crippen LogP contribution in [-0.2, 0) is 6.42 Å². The average Bonchev–Trinajstić information content (AvgIpc) is 2.90. The van der Waals surface area contributed by atoms with E-state index in [1.165, 1.54) is 5.56 Å². The van der Waals surface area contributed by atoms with Gasteiger partial charge in [0.1, 0.15) is 0 Å². The van der Waals surface area contributed by atoms with Crippen LogP contribution in [0.1, 0.15) is 43.5 Å². The van der Waals surface area contributed by atoms with E-state index in [1.54, 1.807) is 0 Å². The summed E-state index contributed by atoms with van der Waals surface area (Å²) in [5.74, 6) is 0.422. The van der Waals surface area contributed by atoms with Crippen LogP contribution in [0.3, 0.4) is 0 Å². The number of hydrogen-bond donors (Lipinski definition) is 1. The number of rotatable bonds is 6. The van der Waals surface area contributed by atoms with Crippen LogP contribution in [0.4, 0.5) is 0 Å². The summed E-state index contributed by atoms with van der Waals surface area (Å²) >= 11 is 0. The Bertz CT molecular complexity index is 488. The summed E-state index contributed by atoms with van der Waals surface area (Å²) in [7, 11) is 0. The minimum absolute atomic E-state index is 0.422. The predicted octanol–water partition coefficient (Wildman–Crippen LogP) is 3.14. The van der Waals surface area contributed by atoms with Crippen LogP contribution in [0.15, 0.2) is 42.6 Å². The maximum absolute atomic E-state index is 5.90. The number of nitrogens with zero attached hydrogens (tertiary/aromatic N) is 2. The number of hydrogen-bond acceptors (Lipinski definition) is 2. The smallest absolute Gasteiger partial charge is 0.0624 e. The van der Waals surface area contributed by atoms with E-state index in [-0.39, 0.29) is 0 Å². The van der Waals surface area contributed by atoms with Crippen molar-refractivity contribution >= 4 is 0 Å². The Morgan fingerprint density at radius 1 is 1.16 bits per heavy atom. The van der Waals surface area contributed by atoms with E-state index in [2.05, 4.69) is 55.5 Å². The molecular formula is C16H23N3. The van der Waals surface area contributed by atoms with Gasteiger partial charge in [-0.2, -0.15) is 5.10 Å². The monoisotopic (exact) mass is 257 g/mol. The van der Waals surface area contributed by atoms with E-state index < -0.39 is 0 Å². The first-order valence-corrected chi connectivity index (χ1v) is 6.99. The third kappa shape index (κ3) is 3.67. The lowest BCUT2D eigenvalue weighted by Gasteiger charge is -2.14. The van der Waals surface area contributed by atoms with Gasteiger partial charge in [0.15, 0.2) is 0 Å². The maximum Gasteiger partial charge on any atom is 0.0624 e. The largest absolute Gasteiger partial charge is 0.330 e. The molecule has 2 aromatic rings. The molecular weight excluding hydrogens is 234 g/mol. The van der Waals surface area contributed by atoms with E-state index in [9.17, 15) is 0 Å². The summed E-state index contributed by atoms with van der Waals surface area (Å²) in [6, 6.07) is 13.0. The highest BCUT2D eigenvalue weighted by Crippen LogP contribution is 2.20. The van der Waals surface area contributed by atoms with Gasteiger partial charge in [0.05, 0.1) is 5.69 Å². The highest BCUT2D eigenvalue weighted by Gasteiger charge is 2.10. The summed E-state index contributed by atoms with van der Waals surface area (Å²) < 4.78 is 2.01. The molecule has 0 aliphatic rings. The Morgan fingerprint density at radius 2 is 1.89 bits per heavy atom. The normalized spacial score (nSPS) is 12.8. The van der Waals surface area contributed by atoms with Crippen LogP contribution in [0.2, 0.25) is 0 Å². The highest BCUT2D eigenvalue weighted by atomic mass is 15.3. The number of nitrogens with two attached hydrogens (primary N) is 1. The minimum Gasteiger partial charge on any atom is -0.330 e. The molecule has 0 spiro atoms. The molecule has 0 saturated heterocycles. The van der Waals surface area contributed by atoms with Crippen LogP contribution in [0.25, 0.3) is 0 Å². The summed E-state index contributed by atoms with van der Waals surface area (Å²) in [5, 5.41) is 4.59. The van der Waals surface area contributed by atoms with E-state index >= 15 is 0 Å². The van der Waals surface area contributed by atoms with Gasteiger partial charge in [0.2, 0.25) is 0 Å². The zero-order valence-corrected chi connectivity index (χ0v) is 11.8. The van der Waals surface area contributed by atoms with Crippen LogP contribution in [-0.4, -0.2) is 16.3 Å². The molecule has 0 saturated carbocycles. The molecule has 1 unspecified atom stereocenters. The van der Waals surface area contributed by atoms with Gasteiger partial charge >= 0.3 is 0 Å². The third-order valence-corrected chi connectivity index (χ3v) is 3.50. The summed E-state index contributed by atoms with van der Waals surface area (Å²) in [6.07, 6.45) is 4.09. The standard InChI is InChI=1S/C16H23N3/c1-13(2)19-11-10-16(18-19)9-8-15(12-17)14-6-4-3-5-7-14/h3-7,10-11,13,15H,8-9,12,17H2,1-2H3. The van der Waals surface area contributed by atoms with Gasteiger partial charge < -0.3 is 5.73 Å². The zero-order valence-electron chi connectivity index (χ0n) is 11.8. The second kappa shape index (κ2) is 6.53. The van der Waals surface area contributed by atoms with E-state index in [1.807, 2.05) is 10.7 Å². The Labute approximate surface area is 115 Å². The molecule has 1 heterocycles. The van der Waals surface area contributed by atoms with E-state index in [0.29, 0.717) is 18.5 Å². The van der Waals surface area contributed by atoms with Gasteiger partial charge in [0, 0.05) is 12.2 Å². The predicted molar refractivity (Wildman–Crippen MR) is 79.2 cm³/mol. The van der Waals surface area contributed by atoms with Crippen molar-refractivity contribution in [1.29, 1.82) is 0 Å². The molecule has 3 nitrogen and oxygen atoms in total. The molecule has 102 valence electrons. The first-order valence-electron chi connectivity index (χ1n) is 6.99. The fourth-order valence-corrected chi connectivity index (χ4v) is 2.27. The molecule has 0 fully saturated rings. The van der Waals surface area contributed by atoms with Gasteiger partial charge in [-0.15, -0.1) is 0 Å². The highest BCUT2D eigenvalue weighted by molar-refractivity contribution is 5.20. The van der Waals surface area contributed by atoms with Crippen molar-refractivity contribution in [1.82, 2.24) is 9.78 Å². The zero-order chi connectivity index (χ0) is 13.7. The van der Waals surface area contributed by atoms with E-state index in [4.69, 9.17) is 5.73 Å². The molecule has 2 rings (SSSR count). The Hall–Kier alpha value is -1.61. The average molecular weight is 257 g/mol. The molecule has 3 heteroatoms. The first-order chi connectivity index (χ1) is 9.20. The van der Waals surface area contributed by atoms with Crippen LogP contribution >= 0.6 is 0 Å². The van der Waals surface area contributed by atoms with Gasteiger partial charge in [-0.05, 0) is 50.8 Å². The second-order valence-corrected chi connectivity index (χ2v) is 5.26. The lowest BCUT2D eigenvalue weighted by Crippen LogP contribution is -2.13. The van der Waals surface area contributed by atoms with Gasteiger partial charge in [-0.3, -0.25) is 4.68 Å². The minimum atomic E-state index is 0.422. The van der Waals surface area contributed by atoms with Crippen molar-refractivity contribution in [3.05, 3.63) is 53.9 Å². The Kier molecular flexibility index (Phi) is 4.74. The number of aromatic nitrogens is 2. The van der Waals surface area contributed by atoms with Crippen LogP contribution < -0.4 is 5.73 Å². The van der Waals surface area contributed by atoms with Crippen molar-refractivity contribution in [3.8, 4) is 0 Å². The van der Waals surface area contributed by atoms with Crippen molar-refractivity contribution in [2.24, 2.45) is 5.73 Å². The number of aryl methyl sites for hydroxylation is 1. The topological polar surface area (TPSA) is 43.8 Å².